The maximum absolute atomic E-state index is 11.6. The van der Waals surface area contributed by atoms with Crippen molar-refractivity contribution in [3.63, 3.8) is 0 Å². The molecule has 0 bridgehead atoms. The summed E-state index contributed by atoms with van der Waals surface area (Å²) in [4.78, 5) is 11.6. The topological polar surface area (TPSA) is 38.3 Å². The van der Waals surface area contributed by atoms with Crippen LogP contribution in [0, 0.1) is 0 Å². The summed E-state index contributed by atoms with van der Waals surface area (Å²) >= 11 is 1.74. The molecule has 1 atom stereocenters. The van der Waals surface area contributed by atoms with E-state index in [2.05, 4.69) is 12.2 Å². The molecule has 0 saturated carbocycles. The molecule has 3 nitrogen and oxygen atoms in total. The molecule has 0 spiro atoms. The van der Waals surface area contributed by atoms with Crippen molar-refractivity contribution in [3.05, 3.63) is 0 Å². The van der Waals surface area contributed by atoms with E-state index in [0.29, 0.717) is 0 Å². The Balaban J connectivity index is 4.24. The number of nitrogens with one attached hydrogen (secondary N) is 1. The van der Waals surface area contributed by atoms with Crippen molar-refractivity contribution in [2.45, 2.75) is 32.2 Å². The lowest BCUT2D eigenvalue weighted by molar-refractivity contribution is -0.148. The Labute approximate surface area is 91.0 Å². The van der Waals surface area contributed by atoms with Gasteiger partial charge in [0.15, 0.2) is 0 Å². The van der Waals surface area contributed by atoms with Gasteiger partial charge >= 0.3 is 5.97 Å². The second-order valence-corrected chi connectivity index (χ2v) is 4.48. The van der Waals surface area contributed by atoms with E-state index >= 15 is 0 Å². The molecular weight excluding hydrogens is 198 g/mol. The number of hydrogen-bond acceptors (Lipinski definition) is 4. The lowest BCUT2D eigenvalue weighted by Crippen LogP contribution is -2.50. The van der Waals surface area contributed by atoms with Gasteiger partial charge < -0.3 is 10.1 Å². The van der Waals surface area contributed by atoms with Crippen LogP contribution in [0.15, 0.2) is 0 Å². The molecule has 0 aromatic heterocycles. The summed E-state index contributed by atoms with van der Waals surface area (Å²) in [5, 5.41) is 3.24. The van der Waals surface area contributed by atoms with Crippen LogP contribution in [0.1, 0.15) is 26.7 Å². The molecule has 4 heteroatoms. The maximum atomic E-state index is 11.6. The van der Waals surface area contributed by atoms with E-state index < -0.39 is 5.54 Å². The van der Waals surface area contributed by atoms with Gasteiger partial charge in [-0.05, 0) is 38.3 Å². The second kappa shape index (κ2) is 7.12. The Morgan fingerprint density at radius 3 is 2.64 bits per heavy atom. The molecule has 0 radical (unpaired) electrons. The van der Waals surface area contributed by atoms with E-state index in [-0.39, 0.29) is 5.97 Å². The van der Waals surface area contributed by atoms with E-state index in [4.69, 9.17) is 4.74 Å². The summed E-state index contributed by atoms with van der Waals surface area (Å²) in [6, 6.07) is 0. The Morgan fingerprint density at radius 1 is 1.57 bits per heavy atom. The smallest absolute Gasteiger partial charge is 0.325 e. The molecule has 0 aliphatic carbocycles. The molecule has 0 rings (SSSR count). The molecule has 84 valence electrons. The normalized spacial score (nSPS) is 14.9. The molecule has 0 fully saturated rings. The highest BCUT2D eigenvalue weighted by atomic mass is 32.2. The van der Waals surface area contributed by atoms with Crippen LogP contribution in [-0.4, -0.2) is 37.2 Å². The quantitative estimate of drug-likeness (QED) is 0.661. The molecule has 0 aromatic carbocycles. The Hall–Kier alpha value is -0.220. The number of methoxy groups -OCH3 is 1. The predicted molar refractivity (Wildman–Crippen MR) is 61.7 cm³/mol. The van der Waals surface area contributed by atoms with Crippen LogP contribution < -0.4 is 5.32 Å². The van der Waals surface area contributed by atoms with Crippen molar-refractivity contribution in [1.82, 2.24) is 5.32 Å². The SMILES string of the molecule is CCCNC(C)(CCSC)C(=O)OC. The fourth-order valence-corrected chi connectivity index (χ4v) is 1.81. The Morgan fingerprint density at radius 2 is 2.21 bits per heavy atom. The number of rotatable bonds is 7. The highest BCUT2D eigenvalue weighted by Gasteiger charge is 2.32. The van der Waals surface area contributed by atoms with E-state index in [9.17, 15) is 4.79 Å². The molecule has 0 saturated heterocycles. The van der Waals surface area contributed by atoms with Gasteiger partial charge in [0.05, 0.1) is 7.11 Å². The summed E-state index contributed by atoms with van der Waals surface area (Å²) in [5.74, 6) is 0.794. The van der Waals surface area contributed by atoms with Gasteiger partial charge in [-0.1, -0.05) is 6.92 Å². The van der Waals surface area contributed by atoms with Crippen LogP contribution in [0.4, 0.5) is 0 Å². The molecule has 0 aliphatic rings. The van der Waals surface area contributed by atoms with Gasteiger partial charge in [-0.15, -0.1) is 0 Å². The largest absolute Gasteiger partial charge is 0.468 e. The Bertz CT molecular complexity index is 166. The van der Waals surface area contributed by atoms with Crippen LogP contribution in [-0.2, 0) is 9.53 Å². The van der Waals surface area contributed by atoms with E-state index in [0.717, 1.165) is 25.1 Å². The van der Waals surface area contributed by atoms with Gasteiger partial charge in [0.25, 0.3) is 0 Å². The highest BCUT2D eigenvalue weighted by molar-refractivity contribution is 7.98. The third kappa shape index (κ3) is 4.33. The third-order valence-corrected chi connectivity index (χ3v) is 2.82. The van der Waals surface area contributed by atoms with Crippen molar-refractivity contribution in [3.8, 4) is 0 Å². The number of carbonyl (C=O) groups is 1. The van der Waals surface area contributed by atoms with Crippen LogP contribution in [0.2, 0.25) is 0 Å². The van der Waals surface area contributed by atoms with Gasteiger partial charge in [0.2, 0.25) is 0 Å². The standard InChI is InChI=1S/C10H21NO2S/c1-5-7-11-10(2,6-8-14-4)9(12)13-3/h11H,5-8H2,1-4H3. The Kier molecular flexibility index (Phi) is 7.01. The summed E-state index contributed by atoms with van der Waals surface area (Å²) < 4.78 is 4.80. The first-order valence-corrected chi connectivity index (χ1v) is 6.32. The lowest BCUT2D eigenvalue weighted by atomic mass is 9.99. The van der Waals surface area contributed by atoms with E-state index in [1.54, 1.807) is 11.8 Å². The fraction of sp³-hybridized carbons (Fsp3) is 0.900. The summed E-state index contributed by atoms with van der Waals surface area (Å²) in [6.45, 7) is 4.84. The summed E-state index contributed by atoms with van der Waals surface area (Å²) in [5.41, 5.74) is -0.520. The molecule has 14 heavy (non-hydrogen) atoms. The van der Waals surface area contributed by atoms with Crippen molar-refractivity contribution >= 4 is 17.7 Å². The summed E-state index contributed by atoms with van der Waals surface area (Å²) in [6.07, 6.45) is 3.87. The monoisotopic (exact) mass is 219 g/mol. The predicted octanol–water partition coefficient (Wildman–Crippen LogP) is 1.67. The fourth-order valence-electron chi connectivity index (χ4n) is 1.19. The van der Waals surface area contributed by atoms with Crippen molar-refractivity contribution in [1.29, 1.82) is 0 Å². The van der Waals surface area contributed by atoms with Gasteiger partial charge in [0, 0.05) is 0 Å². The number of ether oxygens (including phenoxy) is 1. The average Bonchev–Trinajstić information content (AvgIpc) is 2.22. The average molecular weight is 219 g/mol. The number of hydrogen-bond donors (Lipinski definition) is 1. The molecule has 1 N–H and O–H groups in total. The minimum Gasteiger partial charge on any atom is -0.468 e. The number of esters is 1. The van der Waals surface area contributed by atoms with Gasteiger partial charge in [0.1, 0.15) is 5.54 Å². The number of carbonyl (C=O) groups excluding carboxylic acids is 1. The van der Waals surface area contributed by atoms with E-state index in [1.807, 2.05) is 13.2 Å². The third-order valence-electron chi connectivity index (χ3n) is 2.21. The van der Waals surface area contributed by atoms with Crippen molar-refractivity contribution in [2.24, 2.45) is 0 Å². The molecular formula is C10H21NO2S. The first-order chi connectivity index (χ1) is 6.60. The minimum atomic E-state index is -0.520. The minimum absolute atomic E-state index is 0.167. The van der Waals surface area contributed by atoms with Crippen LogP contribution in [0.5, 0.6) is 0 Å². The van der Waals surface area contributed by atoms with Gasteiger partial charge in [-0.2, -0.15) is 11.8 Å². The van der Waals surface area contributed by atoms with Crippen LogP contribution in [0.3, 0.4) is 0 Å². The maximum Gasteiger partial charge on any atom is 0.325 e. The first-order valence-electron chi connectivity index (χ1n) is 4.93. The van der Waals surface area contributed by atoms with Gasteiger partial charge in [-0.25, -0.2) is 0 Å². The van der Waals surface area contributed by atoms with Crippen LogP contribution in [0.25, 0.3) is 0 Å². The van der Waals surface area contributed by atoms with Crippen molar-refractivity contribution in [2.75, 3.05) is 25.7 Å². The molecule has 0 heterocycles. The lowest BCUT2D eigenvalue weighted by Gasteiger charge is -2.27. The molecule has 0 amide bonds. The molecule has 1 unspecified atom stereocenters. The highest BCUT2D eigenvalue weighted by Crippen LogP contribution is 2.14. The van der Waals surface area contributed by atoms with Crippen molar-refractivity contribution < 1.29 is 9.53 Å². The second-order valence-electron chi connectivity index (χ2n) is 3.49. The zero-order chi connectivity index (χ0) is 11.0. The molecule has 0 aromatic rings. The zero-order valence-electron chi connectivity index (χ0n) is 9.55. The zero-order valence-corrected chi connectivity index (χ0v) is 10.4. The van der Waals surface area contributed by atoms with Gasteiger partial charge in [-0.3, -0.25) is 4.79 Å². The number of thioether (sulfide) groups is 1. The summed E-state index contributed by atoms with van der Waals surface area (Å²) in [7, 11) is 1.44. The van der Waals surface area contributed by atoms with Crippen LogP contribution >= 0.6 is 11.8 Å². The molecule has 0 aliphatic heterocycles. The van der Waals surface area contributed by atoms with E-state index in [1.165, 1.54) is 7.11 Å². The first kappa shape index (κ1) is 13.8.